The van der Waals surface area contributed by atoms with Gasteiger partial charge in [0.1, 0.15) is 0 Å². The molecule has 0 aliphatic rings. The summed E-state index contributed by atoms with van der Waals surface area (Å²) in [6.45, 7) is 2.08. The fraction of sp³-hybridized carbons (Fsp3) is 0.231. The summed E-state index contributed by atoms with van der Waals surface area (Å²) < 4.78 is 0. The normalized spacial score (nSPS) is 12.7. The first-order valence-corrected chi connectivity index (χ1v) is 6.89. The first-order chi connectivity index (χ1) is 8.06. The molecule has 2 aromatic rings. The third-order valence-electron chi connectivity index (χ3n) is 2.57. The molecular formula is C13H13Cl2NS. The smallest absolute Gasteiger partial charge is 0.0439 e. The summed E-state index contributed by atoms with van der Waals surface area (Å²) in [5.74, 6) is 0. The molecule has 0 saturated heterocycles. The molecule has 0 amide bonds. The summed E-state index contributed by atoms with van der Waals surface area (Å²) in [4.78, 5) is 2.45. The number of rotatable bonds is 3. The van der Waals surface area contributed by atoms with Gasteiger partial charge in [0, 0.05) is 25.8 Å². The zero-order chi connectivity index (χ0) is 12.4. The second kappa shape index (κ2) is 5.40. The molecule has 1 aromatic carbocycles. The Labute approximate surface area is 115 Å². The SMILES string of the molecule is Cc1ccc(C(N)Cc2cc(Cl)ccc2Cl)s1. The van der Waals surface area contributed by atoms with Gasteiger partial charge in [0.05, 0.1) is 0 Å². The van der Waals surface area contributed by atoms with Gasteiger partial charge in [-0.15, -0.1) is 11.3 Å². The number of nitrogens with two attached hydrogens (primary N) is 1. The number of hydrogen-bond acceptors (Lipinski definition) is 2. The maximum absolute atomic E-state index is 6.17. The van der Waals surface area contributed by atoms with E-state index in [2.05, 4.69) is 19.1 Å². The van der Waals surface area contributed by atoms with E-state index in [4.69, 9.17) is 28.9 Å². The third-order valence-corrected chi connectivity index (χ3v) is 4.31. The minimum Gasteiger partial charge on any atom is -0.323 e. The van der Waals surface area contributed by atoms with Crippen molar-refractivity contribution in [1.29, 1.82) is 0 Å². The van der Waals surface area contributed by atoms with Crippen LogP contribution in [0.15, 0.2) is 30.3 Å². The van der Waals surface area contributed by atoms with Crippen molar-refractivity contribution in [1.82, 2.24) is 0 Å². The van der Waals surface area contributed by atoms with Crippen LogP contribution in [0.3, 0.4) is 0 Å². The minimum atomic E-state index is -0.0235. The van der Waals surface area contributed by atoms with Crippen LogP contribution in [0.1, 0.15) is 21.4 Å². The Morgan fingerprint density at radius 2 is 2.00 bits per heavy atom. The molecule has 0 bridgehead atoms. The van der Waals surface area contributed by atoms with Crippen molar-refractivity contribution in [3.05, 3.63) is 55.7 Å². The molecule has 0 aliphatic heterocycles. The predicted octanol–water partition coefficient (Wildman–Crippen LogP) is 4.61. The van der Waals surface area contributed by atoms with Gasteiger partial charge in [-0.3, -0.25) is 0 Å². The van der Waals surface area contributed by atoms with E-state index in [-0.39, 0.29) is 6.04 Å². The van der Waals surface area contributed by atoms with E-state index in [0.717, 1.165) is 10.6 Å². The highest BCUT2D eigenvalue weighted by molar-refractivity contribution is 7.12. The molecule has 2 N–H and O–H groups in total. The standard InChI is InChI=1S/C13H13Cl2NS/c1-8-2-5-13(17-8)12(16)7-9-6-10(14)3-4-11(9)15/h2-6,12H,7,16H2,1H3. The van der Waals surface area contributed by atoms with Gasteiger partial charge < -0.3 is 5.73 Å². The van der Waals surface area contributed by atoms with Gasteiger partial charge >= 0.3 is 0 Å². The molecule has 1 nitrogen and oxygen atoms in total. The van der Waals surface area contributed by atoms with Crippen LogP contribution < -0.4 is 5.73 Å². The highest BCUT2D eigenvalue weighted by Gasteiger charge is 2.11. The molecule has 90 valence electrons. The van der Waals surface area contributed by atoms with Crippen molar-refractivity contribution in [3.63, 3.8) is 0 Å². The van der Waals surface area contributed by atoms with E-state index in [1.807, 2.05) is 12.1 Å². The topological polar surface area (TPSA) is 26.0 Å². The van der Waals surface area contributed by atoms with E-state index in [0.29, 0.717) is 11.4 Å². The van der Waals surface area contributed by atoms with E-state index < -0.39 is 0 Å². The van der Waals surface area contributed by atoms with Crippen molar-refractivity contribution in [2.24, 2.45) is 5.73 Å². The summed E-state index contributed by atoms with van der Waals surface area (Å²) in [6, 6.07) is 9.61. The number of aryl methyl sites for hydroxylation is 1. The van der Waals surface area contributed by atoms with Crippen molar-refractivity contribution in [3.8, 4) is 0 Å². The quantitative estimate of drug-likeness (QED) is 0.876. The molecule has 2 rings (SSSR count). The first kappa shape index (κ1) is 12.9. The zero-order valence-corrected chi connectivity index (χ0v) is 11.7. The lowest BCUT2D eigenvalue weighted by Gasteiger charge is -2.11. The van der Waals surface area contributed by atoms with Gasteiger partial charge in [0.2, 0.25) is 0 Å². The number of benzene rings is 1. The lowest BCUT2D eigenvalue weighted by molar-refractivity contribution is 0.737. The summed E-state index contributed by atoms with van der Waals surface area (Å²) in [5.41, 5.74) is 7.17. The molecule has 0 spiro atoms. The molecule has 0 radical (unpaired) electrons. The van der Waals surface area contributed by atoms with Crippen molar-refractivity contribution < 1.29 is 0 Å². The lowest BCUT2D eigenvalue weighted by Crippen LogP contribution is -2.12. The zero-order valence-electron chi connectivity index (χ0n) is 9.41. The van der Waals surface area contributed by atoms with Crippen LogP contribution in [0, 0.1) is 6.92 Å². The second-order valence-electron chi connectivity index (χ2n) is 3.99. The van der Waals surface area contributed by atoms with Gasteiger partial charge in [-0.05, 0) is 49.2 Å². The van der Waals surface area contributed by atoms with Crippen molar-refractivity contribution in [2.45, 2.75) is 19.4 Å². The first-order valence-electron chi connectivity index (χ1n) is 5.32. The van der Waals surface area contributed by atoms with Crippen LogP contribution in [0.5, 0.6) is 0 Å². The van der Waals surface area contributed by atoms with Gasteiger partial charge in [0.25, 0.3) is 0 Å². The molecule has 0 fully saturated rings. The molecule has 1 atom stereocenters. The van der Waals surface area contributed by atoms with Crippen molar-refractivity contribution in [2.75, 3.05) is 0 Å². The number of hydrogen-bond donors (Lipinski definition) is 1. The Hall–Kier alpha value is -0.540. The highest BCUT2D eigenvalue weighted by atomic mass is 35.5. The van der Waals surface area contributed by atoms with E-state index in [1.54, 1.807) is 17.4 Å². The summed E-state index contributed by atoms with van der Waals surface area (Å²) >= 11 is 13.8. The highest BCUT2D eigenvalue weighted by Crippen LogP contribution is 2.28. The summed E-state index contributed by atoms with van der Waals surface area (Å²) in [6.07, 6.45) is 0.708. The van der Waals surface area contributed by atoms with Crippen LogP contribution in [-0.2, 0) is 6.42 Å². The van der Waals surface area contributed by atoms with E-state index in [9.17, 15) is 0 Å². The Morgan fingerprint density at radius 1 is 1.24 bits per heavy atom. The molecule has 1 unspecified atom stereocenters. The fourth-order valence-corrected chi connectivity index (χ4v) is 2.96. The number of halogens is 2. The molecule has 1 aromatic heterocycles. The van der Waals surface area contributed by atoms with Gasteiger partial charge in [-0.2, -0.15) is 0 Å². The van der Waals surface area contributed by atoms with Crippen LogP contribution in [0.2, 0.25) is 10.0 Å². The minimum absolute atomic E-state index is 0.0235. The monoisotopic (exact) mass is 285 g/mol. The molecule has 17 heavy (non-hydrogen) atoms. The maximum atomic E-state index is 6.17. The Bertz CT molecular complexity index is 522. The average molecular weight is 286 g/mol. The van der Waals surface area contributed by atoms with Crippen LogP contribution >= 0.6 is 34.5 Å². The van der Waals surface area contributed by atoms with Crippen LogP contribution in [0.25, 0.3) is 0 Å². The Kier molecular flexibility index (Phi) is 4.10. The second-order valence-corrected chi connectivity index (χ2v) is 6.16. The van der Waals surface area contributed by atoms with Crippen LogP contribution in [-0.4, -0.2) is 0 Å². The molecule has 0 aliphatic carbocycles. The summed E-state index contributed by atoms with van der Waals surface area (Å²) in [7, 11) is 0. The molecule has 4 heteroatoms. The lowest BCUT2D eigenvalue weighted by atomic mass is 10.1. The maximum Gasteiger partial charge on any atom is 0.0439 e. The number of thiophene rings is 1. The third kappa shape index (κ3) is 3.23. The molecule has 0 saturated carbocycles. The molecular weight excluding hydrogens is 273 g/mol. The molecule has 1 heterocycles. The Morgan fingerprint density at radius 3 is 2.65 bits per heavy atom. The van der Waals surface area contributed by atoms with Gasteiger partial charge in [-0.25, -0.2) is 0 Å². The Balaban J connectivity index is 2.18. The van der Waals surface area contributed by atoms with Crippen molar-refractivity contribution >= 4 is 34.5 Å². The average Bonchev–Trinajstić information content (AvgIpc) is 2.70. The van der Waals surface area contributed by atoms with E-state index in [1.165, 1.54) is 9.75 Å². The van der Waals surface area contributed by atoms with Gasteiger partial charge in [0.15, 0.2) is 0 Å². The fourth-order valence-electron chi connectivity index (χ4n) is 1.69. The summed E-state index contributed by atoms with van der Waals surface area (Å²) in [5, 5.41) is 1.41. The van der Waals surface area contributed by atoms with Crippen LogP contribution in [0.4, 0.5) is 0 Å². The van der Waals surface area contributed by atoms with E-state index >= 15 is 0 Å². The largest absolute Gasteiger partial charge is 0.323 e. The predicted molar refractivity (Wildman–Crippen MR) is 76.2 cm³/mol. The van der Waals surface area contributed by atoms with Gasteiger partial charge in [-0.1, -0.05) is 23.2 Å².